The van der Waals surface area contributed by atoms with Gasteiger partial charge in [0.15, 0.2) is 0 Å². The molecule has 22 heavy (non-hydrogen) atoms. The van der Waals surface area contributed by atoms with Crippen LogP contribution >= 0.6 is 11.8 Å². The van der Waals surface area contributed by atoms with Crippen LogP contribution in [0.5, 0.6) is 11.5 Å². The molecule has 0 saturated carbocycles. The molecule has 1 aliphatic heterocycles. The first-order chi connectivity index (χ1) is 10.8. The van der Waals surface area contributed by atoms with Crippen LogP contribution in [0.4, 0.5) is 0 Å². The van der Waals surface area contributed by atoms with E-state index in [1.807, 2.05) is 29.2 Å². The number of hydrogen-bond acceptors (Lipinski definition) is 4. The van der Waals surface area contributed by atoms with E-state index in [0.717, 1.165) is 43.2 Å². The summed E-state index contributed by atoms with van der Waals surface area (Å²) in [5.41, 5.74) is 0. The third kappa shape index (κ3) is 5.79. The smallest absolute Gasteiger partial charge is 0.232 e. The molecule has 0 aromatic heterocycles. The van der Waals surface area contributed by atoms with E-state index < -0.39 is 0 Å². The Bertz CT molecular complexity index is 442. The lowest BCUT2D eigenvalue weighted by Gasteiger charge is -2.19. The second kappa shape index (κ2) is 9.62. The zero-order valence-corrected chi connectivity index (χ0v) is 14.1. The molecule has 4 nitrogen and oxygen atoms in total. The molecule has 1 aromatic carbocycles. The maximum Gasteiger partial charge on any atom is 0.232 e. The molecule has 5 heteroatoms. The predicted molar refractivity (Wildman–Crippen MR) is 90.9 cm³/mol. The molecule has 0 radical (unpaired) electrons. The molecule has 1 heterocycles. The lowest BCUT2D eigenvalue weighted by Crippen LogP contribution is -2.33. The first-order valence-corrected chi connectivity index (χ1v) is 9.07. The first kappa shape index (κ1) is 17.0. The van der Waals surface area contributed by atoms with Crippen molar-refractivity contribution in [3.8, 4) is 11.5 Å². The van der Waals surface area contributed by atoms with Crippen LogP contribution in [-0.4, -0.2) is 49.1 Å². The zero-order chi connectivity index (χ0) is 15.6. The number of ether oxygens (including phenoxy) is 2. The van der Waals surface area contributed by atoms with Gasteiger partial charge in [-0.15, -0.1) is 11.8 Å². The standard InChI is InChI=1S/C17H25NO3S/c1-20-15-6-8-16(9-7-15)21-12-13-22-14-17(19)18-10-4-2-3-5-11-18/h6-9H,2-5,10-14H2,1H3. The van der Waals surface area contributed by atoms with Gasteiger partial charge in [0.2, 0.25) is 5.91 Å². The molecule has 0 atom stereocenters. The predicted octanol–water partition coefficient (Wildman–Crippen LogP) is 3.21. The van der Waals surface area contributed by atoms with E-state index in [1.54, 1.807) is 18.9 Å². The van der Waals surface area contributed by atoms with Crippen molar-refractivity contribution in [1.82, 2.24) is 4.90 Å². The second-order valence-corrected chi connectivity index (χ2v) is 6.48. The number of nitrogens with zero attached hydrogens (tertiary/aromatic N) is 1. The first-order valence-electron chi connectivity index (χ1n) is 7.92. The van der Waals surface area contributed by atoms with E-state index in [0.29, 0.717) is 12.4 Å². The van der Waals surface area contributed by atoms with E-state index in [-0.39, 0.29) is 5.91 Å². The van der Waals surface area contributed by atoms with E-state index in [2.05, 4.69) is 0 Å². The number of thioether (sulfide) groups is 1. The number of methoxy groups -OCH3 is 1. The van der Waals surface area contributed by atoms with Crippen molar-refractivity contribution in [3.05, 3.63) is 24.3 Å². The maximum atomic E-state index is 12.1. The number of rotatable bonds is 7. The number of likely N-dealkylation sites (tertiary alicyclic amines) is 1. The number of carbonyl (C=O) groups is 1. The molecule has 1 aliphatic rings. The van der Waals surface area contributed by atoms with Crippen LogP contribution in [0.3, 0.4) is 0 Å². The van der Waals surface area contributed by atoms with Crippen LogP contribution in [0.25, 0.3) is 0 Å². The van der Waals surface area contributed by atoms with E-state index >= 15 is 0 Å². The van der Waals surface area contributed by atoms with Gasteiger partial charge in [0.25, 0.3) is 0 Å². The lowest BCUT2D eigenvalue weighted by atomic mass is 10.2. The van der Waals surface area contributed by atoms with Gasteiger partial charge in [-0.2, -0.15) is 0 Å². The molecule has 0 aliphatic carbocycles. The summed E-state index contributed by atoms with van der Waals surface area (Å²) >= 11 is 1.65. The molecule has 0 N–H and O–H groups in total. The number of benzene rings is 1. The van der Waals surface area contributed by atoms with E-state index in [4.69, 9.17) is 9.47 Å². The topological polar surface area (TPSA) is 38.8 Å². The monoisotopic (exact) mass is 323 g/mol. The van der Waals surface area contributed by atoms with Crippen LogP contribution in [0, 0.1) is 0 Å². The highest BCUT2D eigenvalue weighted by atomic mass is 32.2. The number of carbonyl (C=O) groups excluding carboxylic acids is 1. The van der Waals surface area contributed by atoms with Crippen molar-refractivity contribution in [3.63, 3.8) is 0 Å². The van der Waals surface area contributed by atoms with Crippen LogP contribution in [0.1, 0.15) is 25.7 Å². The third-order valence-corrected chi connectivity index (χ3v) is 4.65. The van der Waals surface area contributed by atoms with Crippen molar-refractivity contribution in [1.29, 1.82) is 0 Å². The van der Waals surface area contributed by atoms with Gasteiger partial charge in [0, 0.05) is 18.8 Å². The molecule has 2 rings (SSSR count). The van der Waals surface area contributed by atoms with Gasteiger partial charge in [-0.1, -0.05) is 12.8 Å². The Balaban J connectivity index is 1.59. The minimum atomic E-state index is 0.274. The van der Waals surface area contributed by atoms with Gasteiger partial charge >= 0.3 is 0 Å². The number of amides is 1. The fourth-order valence-corrected chi connectivity index (χ4v) is 3.16. The highest BCUT2D eigenvalue weighted by Gasteiger charge is 2.14. The summed E-state index contributed by atoms with van der Waals surface area (Å²) in [6, 6.07) is 7.55. The van der Waals surface area contributed by atoms with Crippen LogP contribution in [0.2, 0.25) is 0 Å². The van der Waals surface area contributed by atoms with Crippen LogP contribution < -0.4 is 9.47 Å². The van der Waals surface area contributed by atoms with Crippen molar-refractivity contribution in [2.75, 3.05) is 38.3 Å². The van der Waals surface area contributed by atoms with Crippen molar-refractivity contribution >= 4 is 17.7 Å². The SMILES string of the molecule is COc1ccc(OCCSCC(=O)N2CCCCCC2)cc1. The molecular weight excluding hydrogens is 298 g/mol. The van der Waals surface area contributed by atoms with Gasteiger partial charge in [-0.25, -0.2) is 0 Å². The fraction of sp³-hybridized carbons (Fsp3) is 0.588. The highest BCUT2D eigenvalue weighted by Crippen LogP contribution is 2.17. The van der Waals surface area contributed by atoms with Gasteiger partial charge in [-0.3, -0.25) is 4.79 Å². The summed E-state index contributed by atoms with van der Waals surface area (Å²) in [5, 5.41) is 0. The van der Waals surface area contributed by atoms with E-state index in [1.165, 1.54) is 12.8 Å². The number of hydrogen-bond donors (Lipinski definition) is 0. The summed E-state index contributed by atoms with van der Waals surface area (Å²) in [6.45, 7) is 2.48. The Morgan fingerprint density at radius 1 is 1.09 bits per heavy atom. The second-order valence-electron chi connectivity index (χ2n) is 5.37. The maximum absolute atomic E-state index is 12.1. The molecule has 1 fully saturated rings. The van der Waals surface area contributed by atoms with Gasteiger partial charge in [0.05, 0.1) is 19.5 Å². The summed E-state index contributed by atoms with van der Waals surface area (Å²) in [5.74, 6) is 3.32. The lowest BCUT2D eigenvalue weighted by molar-refractivity contribution is -0.128. The van der Waals surface area contributed by atoms with Gasteiger partial charge < -0.3 is 14.4 Å². The summed E-state index contributed by atoms with van der Waals surface area (Å²) in [4.78, 5) is 14.1. The largest absolute Gasteiger partial charge is 0.497 e. The van der Waals surface area contributed by atoms with Crippen molar-refractivity contribution < 1.29 is 14.3 Å². The quantitative estimate of drug-likeness (QED) is 0.722. The normalized spacial score (nSPS) is 15.2. The Morgan fingerprint density at radius 3 is 2.36 bits per heavy atom. The average Bonchev–Trinajstić information content (AvgIpc) is 2.84. The van der Waals surface area contributed by atoms with Gasteiger partial charge in [-0.05, 0) is 37.1 Å². The van der Waals surface area contributed by atoms with Crippen LogP contribution in [0.15, 0.2) is 24.3 Å². The third-order valence-electron chi connectivity index (χ3n) is 3.74. The van der Waals surface area contributed by atoms with Crippen LogP contribution in [-0.2, 0) is 4.79 Å². The highest BCUT2D eigenvalue weighted by molar-refractivity contribution is 7.99. The minimum absolute atomic E-state index is 0.274. The van der Waals surface area contributed by atoms with Gasteiger partial charge in [0.1, 0.15) is 11.5 Å². The molecule has 122 valence electrons. The molecule has 1 aromatic rings. The fourth-order valence-electron chi connectivity index (χ4n) is 2.46. The molecular formula is C17H25NO3S. The van der Waals surface area contributed by atoms with Crippen molar-refractivity contribution in [2.24, 2.45) is 0 Å². The Morgan fingerprint density at radius 2 is 1.73 bits per heavy atom. The molecule has 1 saturated heterocycles. The average molecular weight is 323 g/mol. The summed E-state index contributed by atoms with van der Waals surface area (Å²) in [6.07, 6.45) is 4.81. The Labute approximate surface area is 137 Å². The molecule has 1 amide bonds. The molecule has 0 spiro atoms. The zero-order valence-electron chi connectivity index (χ0n) is 13.3. The van der Waals surface area contributed by atoms with Crippen molar-refractivity contribution in [2.45, 2.75) is 25.7 Å². The minimum Gasteiger partial charge on any atom is -0.497 e. The Hall–Kier alpha value is -1.36. The van der Waals surface area contributed by atoms with E-state index in [9.17, 15) is 4.79 Å². The summed E-state index contributed by atoms with van der Waals surface area (Å²) in [7, 11) is 1.65. The molecule has 0 unspecified atom stereocenters. The molecule has 0 bridgehead atoms. The summed E-state index contributed by atoms with van der Waals surface area (Å²) < 4.78 is 10.8. The Kier molecular flexibility index (Phi) is 7.43.